The average Bonchev–Trinajstić information content (AvgIpc) is 3.39. The van der Waals surface area contributed by atoms with Gasteiger partial charge in [0.05, 0.1) is 24.3 Å². The Hall–Kier alpha value is -4.41. The number of hydrogen-bond acceptors (Lipinski definition) is 6. The molecule has 0 radical (unpaired) electrons. The fourth-order valence-electron chi connectivity index (χ4n) is 4.38. The number of aromatic nitrogens is 3. The summed E-state index contributed by atoms with van der Waals surface area (Å²) in [5.74, 6) is -1.57. The van der Waals surface area contributed by atoms with E-state index in [1.807, 2.05) is 48.5 Å². The third-order valence-electron chi connectivity index (χ3n) is 6.46. The van der Waals surface area contributed by atoms with Crippen LogP contribution in [0.15, 0.2) is 93.8 Å². The lowest BCUT2D eigenvalue weighted by Crippen LogP contribution is -2.44. The number of hydrogen-bond donors (Lipinski definition) is 2. The molecule has 0 aliphatic rings. The number of rotatable bonds is 8. The molecule has 198 valence electrons. The van der Waals surface area contributed by atoms with Gasteiger partial charge in [-0.3, -0.25) is 13.9 Å². The molecule has 0 saturated carbocycles. The van der Waals surface area contributed by atoms with Gasteiger partial charge in [-0.15, -0.1) is 11.3 Å². The predicted octanol–water partition coefficient (Wildman–Crippen LogP) is 5.21. The monoisotopic (exact) mass is 545 g/mol. The van der Waals surface area contributed by atoms with Gasteiger partial charge in [-0.1, -0.05) is 54.6 Å². The van der Waals surface area contributed by atoms with Gasteiger partial charge in [0.1, 0.15) is 11.6 Å². The molecule has 0 aliphatic carbocycles. The van der Waals surface area contributed by atoms with Gasteiger partial charge in [-0.2, -0.15) is 0 Å². The van der Waals surface area contributed by atoms with Crippen LogP contribution in [-0.2, 0) is 13.1 Å². The van der Waals surface area contributed by atoms with E-state index in [1.54, 1.807) is 24.4 Å². The molecule has 0 amide bonds. The van der Waals surface area contributed by atoms with Crippen LogP contribution in [-0.4, -0.2) is 14.1 Å². The number of para-hydroxylation sites is 1. The standard InChI is InChI=1S/C29H25F2N5O2S/c1-18-26(25-17-39-28(34-25)33-20-11-6-3-7-12-20)27(37)36(16-24(32)19-9-4-2-5-10-19)29(38)35(18)15-21-22(30)13-8-14-23(21)31/h2-14,17,24H,15-16,32H2,1H3,(H,33,34)/t24-/m0/s1. The van der Waals surface area contributed by atoms with E-state index in [9.17, 15) is 18.4 Å². The molecule has 10 heteroatoms. The van der Waals surface area contributed by atoms with Crippen molar-refractivity contribution in [2.24, 2.45) is 5.73 Å². The van der Waals surface area contributed by atoms with Crippen LogP contribution in [0, 0.1) is 18.6 Å². The molecule has 3 aromatic carbocycles. The molecule has 39 heavy (non-hydrogen) atoms. The number of benzene rings is 3. The largest absolute Gasteiger partial charge is 0.332 e. The average molecular weight is 546 g/mol. The minimum Gasteiger partial charge on any atom is -0.332 e. The van der Waals surface area contributed by atoms with Crippen LogP contribution in [0.3, 0.4) is 0 Å². The Bertz CT molecular complexity index is 1710. The van der Waals surface area contributed by atoms with Gasteiger partial charge < -0.3 is 11.1 Å². The molecule has 0 spiro atoms. The fraction of sp³-hybridized carbons (Fsp3) is 0.138. The van der Waals surface area contributed by atoms with Crippen LogP contribution in [0.2, 0.25) is 0 Å². The maximum Gasteiger partial charge on any atom is 0.331 e. The second-order valence-corrected chi connectivity index (χ2v) is 9.85. The molecule has 2 heterocycles. The molecular weight excluding hydrogens is 520 g/mol. The van der Waals surface area contributed by atoms with E-state index >= 15 is 0 Å². The molecule has 5 rings (SSSR count). The van der Waals surface area contributed by atoms with E-state index in [-0.39, 0.29) is 23.4 Å². The Morgan fingerprint density at radius 1 is 0.923 bits per heavy atom. The Balaban J connectivity index is 1.63. The Kier molecular flexibility index (Phi) is 7.49. The Labute approximate surface area is 226 Å². The van der Waals surface area contributed by atoms with E-state index in [0.717, 1.165) is 28.0 Å². The maximum atomic E-state index is 14.6. The number of thiazole rings is 1. The molecule has 0 bridgehead atoms. The highest BCUT2D eigenvalue weighted by Gasteiger charge is 2.23. The first-order valence-electron chi connectivity index (χ1n) is 12.2. The summed E-state index contributed by atoms with van der Waals surface area (Å²) in [5, 5.41) is 5.44. The van der Waals surface area contributed by atoms with Crippen molar-refractivity contribution in [1.82, 2.24) is 14.1 Å². The highest BCUT2D eigenvalue weighted by atomic mass is 32.1. The number of nitrogens with zero attached hydrogens (tertiary/aromatic N) is 3. The zero-order chi connectivity index (χ0) is 27.5. The van der Waals surface area contributed by atoms with Crippen molar-refractivity contribution in [3.63, 3.8) is 0 Å². The van der Waals surface area contributed by atoms with Gasteiger partial charge in [0.2, 0.25) is 0 Å². The second kappa shape index (κ2) is 11.1. The van der Waals surface area contributed by atoms with Crippen LogP contribution < -0.4 is 22.3 Å². The molecule has 3 N–H and O–H groups in total. The van der Waals surface area contributed by atoms with Crippen molar-refractivity contribution in [2.75, 3.05) is 5.32 Å². The van der Waals surface area contributed by atoms with Crippen LogP contribution in [0.4, 0.5) is 19.6 Å². The quantitative estimate of drug-likeness (QED) is 0.279. The third-order valence-corrected chi connectivity index (χ3v) is 7.22. The minimum atomic E-state index is -0.787. The van der Waals surface area contributed by atoms with Gasteiger partial charge >= 0.3 is 5.69 Å². The smallest absolute Gasteiger partial charge is 0.331 e. The van der Waals surface area contributed by atoms with Gasteiger partial charge in [0, 0.05) is 28.4 Å². The first kappa shape index (κ1) is 26.2. The molecule has 7 nitrogen and oxygen atoms in total. The van der Waals surface area contributed by atoms with E-state index in [0.29, 0.717) is 10.8 Å². The first-order valence-corrected chi connectivity index (χ1v) is 13.1. The highest BCUT2D eigenvalue weighted by molar-refractivity contribution is 7.14. The van der Waals surface area contributed by atoms with Crippen molar-refractivity contribution in [3.05, 3.63) is 134 Å². The van der Waals surface area contributed by atoms with Crippen molar-refractivity contribution in [1.29, 1.82) is 0 Å². The number of nitrogens with one attached hydrogen (secondary N) is 1. The second-order valence-electron chi connectivity index (χ2n) is 8.99. The van der Waals surface area contributed by atoms with Gasteiger partial charge in [0.15, 0.2) is 5.13 Å². The maximum absolute atomic E-state index is 14.6. The number of anilines is 2. The Morgan fingerprint density at radius 3 is 2.23 bits per heavy atom. The van der Waals surface area contributed by atoms with Gasteiger partial charge in [-0.05, 0) is 36.8 Å². The summed E-state index contributed by atoms with van der Waals surface area (Å²) < 4.78 is 31.4. The summed E-state index contributed by atoms with van der Waals surface area (Å²) in [6, 6.07) is 21.3. The zero-order valence-corrected chi connectivity index (χ0v) is 21.8. The highest BCUT2D eigenvalue weighted by Crippen LogP contribution is 2.27. The van der Waals surface area contributed by atoms with Gasteiger partial charge in [0.25, 0.3) is 5.56 Å². The van der Waals surface area contributed by atoms with Crippen molar-refractivity contribution >= 4 is 22.2 Å². The zero-order valence-electron chi connectivity index (χ0n) is 21.0. The summed E-state index contributed by atoms with van der Waals surface area (Å²) in [6.45, 7) is 1.03. The predicted molar refractivity (Wildman–Crippen MR) is 149 cm³/mol. The lowest BCUT2D eigenvalue weighted by atomic mass is 10.1. The number of nitrogens with two attached hydrogens (primary N) is 1. The van der Waals surface area contributed by atoms with Crippen molar-refractivity contribution in [2.45, 2.75) is 26.1 Å². The normalized spacial score (nSPS) is 11.9. The summed E-state index contributed by atoms with van der Waals surface area (Å²) in [6.07, 6.45) is 0. The van der Waals surface area contributed by atoms with Crippen LogP contribution >= 0.6 is 11.3 Å². The minimum absolute atomic E-state index is 0.131. The molecule has 0 unspecified atom stereocenters. The van der Waals surface area contributed by atoms with E-state index in [1.165, 1.54) is 22.0 Å². The van der Waals surface area contributed by atoms with Crippen LogP contribution in [0.1, 0.15) is 22.9 Å². The number of halogens is 2. The van der Waals surface area contributed by atoms with Crippen molar-refractivity contribution < 1.29 is 8.78 Å². The van der Waals surface area contributed by atoms with Gasteiger partial charge in [-0.25, -0.2) is 18.6 Å². The summed E-state index contributed by atoms with van der Waals surface area (Å²) in [5.41, 5.74) is 7.10. The molecule has 0 saturated heterocycles. The molecule has 2 aromatic heterocycles. The van der Waals surface area contributed by atoms with E-state index in [4.69, 9.17) is 5.73 Å². The molecule has 5 aromatic rings. The van der Waals surface area contributed by atoms with E-state index in [2.05, 4.69) is 10.3 Å². The van der Waals surface area contributed by atoms with E-state index < -0.39 is 35.5 Å². The van der Waals surface area contributed by atoms with Crippen molar-refractivity contribution in [3.8, 4) is 11.3 Å². The SMILES string of the molecule is Cc1c(-c2csc(Nc3ccccc3)n2)c(=O)n(C[C@H](N)c2ccccc2)c(=O)n1Cc1c(F)cccc1F. The van der Waals surface area contributed by atoms with Crippen LogP contribution in [0.25, 0.3) is 11.3 Å². The molecule has 0 fully saturated rings. The summed E-state index contributed by atoms with van der Waals surface area (Å²) in [4.78, 5) is 32.0. The fourth-order valence-corrected chi connectivity index (χ4v) is 5.10. The molecule has 0 aliphatic heterocycles. The van der Waals surface area contributed by atoms with Crippen LogP contribution in [0.5, 0.6) is 0 Å². The first-order chi connectivity index (χ1) is 18.8. The molecule has 1 atom stereocenters. The summed E-state index contributed by atoms with van der Waals surface area (Å²) in [7, 11) is 0. The molecular formula is C29H25F2N5O2S. The lowest BCUT2D eigenvalue weighted by Gasteiger charge is -2.19. The summed E-state index contributed by atoms with van der Waals surface area (Å²) >= 11 is 1.29. The Morgan fingerprint density at radius 2 is 1.56 bits per heavy atom. The third kappa shape index (κ3) is 5.43. The topological polar surface area (TPSA) is 94.9 Å². The lowest BCUT2D eigenvalue weighted by molar-refractivity contribution is 0.493.